The summed E-state index contributed by atoms with van der Waals surface area (Å²) in [6.45, 7) is 3.63. The number of hydrogen-bond acceptors (Lipinski definition) is 3. The van der Waals surface area contributed by atoms with Crippen LogP contribution in [0.1, 0.15) is 22.9 Å². The number of halogens is 2. The summed E-state index contributed by atoms with van der Waals surface area (Å²) in [5.74, 6) is -0.952. The van der Waals surface area contributed by atoms with Gasteiger partial charge in [-0.3, -0.25) is 0 Å². The maximum absolute atomic E-state index is 13.6. The smallest absolute Gasteiger partial charge is 0.132 e. The van der Waals surface area contributed by atoms with E-state index in [1.807, 2.05) is 13.8 Å². The Morgan fingerprint density at radius 3 is 2.65 bits per heavy atom. The average molecular weight is 254 g/mol. The molecule has 2 aromatic rings. The van der Waals surface area contributed by atoms with E-state index in [-0.39, 0.29) is 11.6 Å². The maximum Gasteiger partial charge on any atom is 0.132 e. The zero-order valence-electron chi connectivity index (χ0n) is 9.50. The Hall–Kier alpha value is -1.33. The van der Waals surface area contributed by atoms with Gasteiger partial charge in [-0.1, -0.05) is 0 Å². The summed E-state index contributed by atoms with van der Waals surface area (Å²) in [4.78, 5) is 5.10. The molecule has 0 spiro atoms. The number of benzene rings is 1. The van der Waals surface area contributed by atoms with Crippen LogP contribution in [0.2, 0.25) is 0 Å². The summed E-state index contributed by atoms with van der Waals surface area (Å²) >= 11 is 1.41. The molecule has 1 atom stereocenters. The molecule has 2 nitrogen and oxygen atoms in total. The molecule has 90 valence electrons. The van der Waals surface area contributed by atoms with Crippen LogP contribution in [0.25, 0.3) is 11.3 Å². The van der Waals surface area contributed by atoms with Gasteiger partial charge in [0.05, 0.1) is 11.7 Å². The van der Waals surface area contributed by atoms with E-state index in [2.05, 4.69) is 4.98 Å². The standard InChI is InChI=1S/C12H12F2N2S/c1-6(15)12-16-11(7(2)17-12)9-5-8(13)3-4-10(9)14/h3-6H,15H2,1-2H3. The monoisotopic (exact) mass is 254 g/mol. The van der Waals surface area contributed by atoms with Crippen molar-refractivity contribution in [3.8, 4) is 11.3 Å². The van der Waals surface area contributed by atoms with E-state index < -0.39 is 11.6 Å². The highest BCUT2D eigenvalue weighted by molar-refractivity contribution is 7.12. The van der Waals surface area contributed by atoms with Gasteiger partial charge < -0.3 is 5.73 Å². The van der Waals surface area contributed by atoms with Crippen LogP contribution in [0, 0.1) is 18.6 Å². The Kier molecular flexibility index (Phi) is 3.22. The third-order valence-electron chi connectivity index (χ3n) is 2.39. The molecule has 1 heterocycles. The first-order chi connectivity index (χ1) is 7.99. The van der Waals surface area contributed by atoms with Crippen molar-refractivity contribution in [1.29, 1.82) is 0 Å². The number of aromatic nitrogens is 1. The summed E-state index contributed by atoms with van der Waals surface area (Å²) in [5.41, 5.74) is 6.38. The van der Waals surface area contributed by atoms with Gasteiger partial charge in [-0.2, -0.15) is 0 Å². The number of nitrogens with two attached hydrogens (primary N) is 1. The minimum Gasteiger partial charge on any atom is -0.322 e. The van der Waals surface area contributed by atoms with Crippen LogP contribution in [0.4, 0.5) is 8.78 Å². The lowest BCUT2D eigenvalue weighted by molar-refractivity contribution is 0.602. The Balaban J connectivity index is 2.56. The highest BCUT2D eigenvalue weighted by Gasteiger charge is 2.15. The van der Waals surface area contributed by atoms with E-state index in [1.54, 1.807) is 0 Å². The van der Waals surface area contributed by atoms with E-state index in [0.29, 0.717) is 5.69 Å². The quantitative estimate of drug-likeness (QED) is 0.891. The highest BCUT2D eigenvalue weighted by atomic mass is 32.1. The summed E-state index contributed by atoms with van der Waals surface area (Å²) in [6, 6.07) is 3.15. The molecule has 0 radical (unpaired) electrons. The second-order valence-corrected chi connectivity index (χ2v) is 5.10. The molecule has 0 aliphatic carbocycles. The summed E-state index contributed by atoms with van der Waals surface area (Å²) < 4.78 is 26.7. The van der Waals surface area contributed by atoms with E-state index in [0.717, 1.165) is 28.1 Å². The SMILES string of the molecule is Cc1sc(C(C)N)nc1-c1cc(F)ccc1F. The second kappa shape index (κ2) is 4.50. The Bertz CT molecular complexity index is 549. The van der Waals surface area contributed by atoms with Gasteiger partial charge in [0.2, 0.25) is 0 Å². The summed E-state index contributed by atoms with van der Waals surface area (Å²) in [7, 11) is 0. The molecule has 17 heavy (non-hydrogen) atoms. The van der Waals surface area contributed by atoms with Crippen LogP contribution < -0.4 is 5.73 Å². The second-order valence-electron chi connectivity index (χ2n) is 3.87. The largest absolute Gasteiger partial charge is 0.322 e. The molecule has 1 unspecified atom stereocenters. The van der Waals surface area contributed by atoms with E-state index in [1.165, 1.54) is 11.3 Å². The number of thiazole rings is 1. The summed E-state index contributed by atoms with van der Waals surface area (Å²) in [6.07, 6.45) is 0. The molecule has 0 aliphatic heterocycles. The molecule has 1 aromatic carbocycles. The van der Waals surface area contributed by atoms with Gasteiger partial charge in [-0.25, -0.2) is 13.8 Å². The summed E-state index contributed by atoms with van der Waals surface area (Å²) in [5, 5.41) is 0.723. The third-order valence-corrected chi connectivity index (χ3v) is 3.56. The minimum atomic E-state index is -0.476. The lowest BCUT2D eigenvalue weighted by Gasteiger charge is -2.01. The molecule has 5 heteroatoms. The lowest BCUT2D eigenvalue weighted by atomic mass is 10.1. The molecule has 0 saturated carbocycles. The van der Waals surface area contributed by atoms with Crippen molar-refractivity contribution in [2.45, 2.75) is 19.9 Å². The normalized spacial score (nSPS) is 12.8. The lowest BCUT2D eigenvalue weighted by Crippen LogP contribution is -2.04. The van der Waals surface area contributed by atoms with Crippen LogP contribution >= 0.6 is 11.3 Å². The van der Waals surface area contributed by atoms with E-state index in [9.17, 15) is 8.78 Å². The molecular formula is C12H12F2N2S. The average Bonchev–Trinajstić information content (AvgIpc) is 2.64. The van der Waals surface area contributed by atoms with Gasteiger partial charge in [0.1, 0.15) is 16.6 Å². The van der Waals surface area contributed by atoms with E-state index >= 15 is 0 Å². The van der Waals surface area contributed by atoms with E-state index in [4.69, 9.17) is 5.73 Å². The third kappa shape index (κ3) is 2.35. The number of nitrogens with zero attached hydrogens (tertiary/aromatic N) is 1. The predicted molar refractivity (Wildman–Crippen MR) is 64.8 cm³/mol. The first kappa shape index (κ1) is 12.1. The zero-order valence-corrected chi connectivity index (χ0v) is 10.3. The Morgan fingerprint density at radius 2 is 2.06 bits per heavy atom. The molecule has 2 N–H and O–H groups in total. The first-order valence-corrected chi connectivity index (χ1v) is 5.99. The maximum atomic E-state index is 13.6. The van der Waals surface area contributed by atoms with Gasteiger partial charge >= 0.3 is 0 Å². The fourth-order valence-corrected chi connectivity index (χ4v) is 2.43. The van der Waals surface area contributed by atoms with Gasteiger partial charge in [0, 0.05) is 10.4 Å². The molecule has 0 amide bonds. The fourth-order valence-electron chi connectivity index (χ4n) is 1.54. The van der Waals surface area contributed by atoms with Crippen molar-refractivity contribution in [2.24, 2.45) is 5.73 Å². The van der Waals surface area contributed by atoms with Crippen molar-refractivity contribution < 1.29 is 8.78 Å². The molecule has 0 bridgehead atoms. The van der Waals surface area contributed by atoms with Crippen LogP contribution in [-0.2, 0) is 0 Å². The Labute approximate surface area is 102 Å². The first-order valence-electron chi connectivity index (χ1n) is 5.17. The predicted octanol–water partition coefficient (Wildman–Crippen LogP) is 3.42. The Morgan fingerprint density at radius 1 is 1.35 bits per heavy atom. The number of rotatable bonds is 2. The van der Waals surface area contributed by atoms with Crippen molar-refractivity contribution in [2.75, 3.05) is 0 Å². The van der Waals surface area contributed by atoms with Crippen molar-refractivity contribution >= 4 is 11.3 Å². The number of aryl methyl sites for hydroxylation is 1. The highest BCUT2D eigenvalue weighted by Crippen LogP contribution is 2.31. The molecule has 2 rings (SSSR count). The van der Waals surface area contributed by atoms with Gasteiger partial charge in [0.15, 0.2) is 0 Å². The number of hydrogen-bond donors (Lipinski definition) is 1. The molecule has 0 saturated heterocycles. The van der Waals surface area contributed by atoms with Crippen LogP contribution in [0.5, 0.6) is 0 Å². The van der Waals surface area contributed by atoms with Crippen molar-refractivity contribution in [3.63, 3.8) is 0 Å². The van der Waals surface area contributed by atoms with Gasteiger partial charge in [-0.15, -0.1) is 11.3 Å². The fraction of sp³-hybridized carbons (Fsp3) is 0.250. The van der Waals surface area contributed by atoms with Gasteiger partial charge in [0.25, 0.3) is 0 Å². The van der Waals surface area contributed by atoms with Crippen LogP contribution in [0.3, 0.4) is 0 Å². The van der Waals surface area contributed by atoms with Crippen molar-refractivity contribution in [1.82, 2.24) is 4.98 Å². The molecule has 1 aromatic heterocycles. The van der Waals surface area contributed by atoms with Crippen LogP contribution in [-0.4, -0.2) is 4.98 Å². The van der Waals surface area contributed by atoms with Crippen molar-refractivity contribution in [3.05, 3.63) is 39.7 Å². The molecular weight excluding hydrogens is 242 g/mol. The topological polar surface area (TPSA) is 38.9 Å². The van der Waals surface area contributed by atoms with Gasteiger partial charge in [-0.05, 0) is 32.0 Å². The van der Waals surface area contributed by atoms with Crippen LogP contribution in [0.15, 0.2) is 18.2 Å². The molecule has 0 fully saturated rings. The minimum absolute atomic E-state index is 0.186. The molecule has 0 aliphatic rings. The zero-order chi connectivity index (χ0) is 12.6.